The Morgan fingerprint density at radius 3 is 2.35 bits per heavy atom. The average molecular weight is 272 g/mol. The topological polar surface area (TPSA) is 20.2 Å². The summed E-state index contributed by atoms with van der Waals surface area (Å²) >= 11 is 0. The first kappa shape index (κ1) is 14.1. The zero-order valence-electron chi connectivity index (χ0n) is 12.6. The number of hydrogen-bond acceptors (Lipinski definition) is 1. The van der Waals surface area contributed by atoms with Gasteiger partial charge in [-0.15, -0.1) is 0 Å². The van der Waals surface area contributed by atoms with Crippen molar-refractivity contribution in [2.24, 2.45) is 5.92 Å². The quantitative estimate of drug-likeness (QED) is 0.771. The monoisotopic (exact) mass is 272 g/mol. The fourth-order valence-corrected chi connectivity index (χ4v) is 4.01. The van der Waals surface area contributed by atoms with Gasteiger partial charge in [0.15, 0.2) is 0 Å². The van der Waals surface area contributed by atoms with Crippen LogP contribution >= 0.6 is 0 Å². The highest BCUT2D eigenvalue weighted by molar-refractivity contribution is 5.34. The molecule has 110 valence electrons. The second kappa shape index (κ2) is 6.76. The predicted molar refractivity (Wildman–Crippen MR) is 83.9 cm³/mol. The van der Waals surface area contributed by atoms with Gasteiger partial charge in [0.05, 0.1) is 6.10 Å². The number of fused-ring (bicyclic) bond motifs is 1. The number of aryl methyl sites for hydroxylation is 2. The molecule has 0 spiro atoms. The first-order chi connectivity index (χ1) is 9.83. The van der Waals surface area contributed by atoms with E-state index in [0.29, 0.717) is 0 Å². The Labute approximate surface area is 123 Å². The molecule has 0 aliphatic heterocycles. The van der Waals surface area contributed by atoms with Crippen LogP contribution in [-0.2, 0) is 12.8 Å². The highest BCUT2D eigenvalue weighted by Crippen LogP contribution is 2.32. The predicted octanol–water partition coefficient (Wildman–Crippen LogP) is 4.96. The van der Waals surface area contributed by atoms with Crippen molar-refractivity contribution in [3.05, 3.63) is 34.9 Å². The van der Waals surface area contributed by atoms with Crippen molar-refractivity contribution < 1.29 is 5.11 Å². The zero-order chi connectivity index (χ0) is 13.8. The van der Waals surface area contributed by atoms with E-state index in [2.05, 4.69) is 18.2 Å². The molecule has 1 aromatic rings. The molecule has 1 N–H and O–H groups in total. The van der Waals surface area contributed by atoms with Crippen LogP contribution in [0.5, 0.6) is 0 Å². The summed E-state index contributed by atoms with van der Waals surface area (Å²) in [5.74, 6) is 0.739. The standard InChI is InChI=1S/C19H28O/c20-19(13-15-7-3-1-2-4-8-15)18-12-11-16-9-5-6-10-17(16)14-18/h11-12,14-15,19-20H,1-10,13H2. The van der Waals surface area contributed by atoms with Crippen LogP contribution in [0.25, 0.3) is 0 Å². The third kappa shape index (κ3) is 3.44. The lowest BCUT2D eigenvalue weighted by Gasteiger charge is -2.21. The van der Waals surface area contributed by atoms with Gasteiger partial charge in [0, 0.05) is 0 Å². The van der Waals surface area contributed by atoms with E-state index in [0.717, 1.165) is 17.9 Å². The molecular formula is C19H28O. The Morgan fingerprint density at radius 2 is 1.60 bits per heavy atom. The molecular weight excluding hydrogens is 244 g/mol. The van der Waals surface area contributed by atoms with E-state index < -0.39 is 0 Å². The van der Waals surface area contributed by atoms with E-state index in [9.17, 15) is 5.11 Å². The molecule has 2 aliphatic rings. The maximum atomic E-state index is 10.6. The van der Waals surface area contributed by atoms with Crippen molar-refractivity contribution in [1.82, 2.24) is 0 Å². The van der Waals surface area contributed by atoms with Gasteiger partial charge in [0.1, 0.15) is 0 Å². The molecule has 0 aromatic heterocycles. The molecule has 0 saturated heterocycles. The SMILES string of the molecule is OC(CC1CCCCCC1)c1ccc2c(c1)CCCC2. The molecule has 0 heterocycles. The van der Waals surface area contributed by atoms with Crippen LogP contribution < -0.4 is 0 Å². The summed E-state index contributed by atoms with van der Waals surface area (Å²) in [4.78, 5) is 0. The van der Waals surface area contributed by atoms with Gasteiger partial charge in [0.2, 0.25) is 0 Å². The molecule has 1 saturated carbocycles. The Balaban J connectivity index is 1.65. The van der Waals surface area contributed by atoms with Crippen LogP contribution in [0, 0.1) is 5.92 Å². The summed E-state index contributed by atoms with van der Waals surface area (Å²) in [5, 5.41) is 10.6. The van der Waals surface area contributed by atoms with Crippen LogP contribution in [0.15, 0.2) is 18.2 Å². The first-order valence-corrected chi connectivity index (χ1v) is 8.63. The summed E-state index contributed by atoms with van der Waals surface area (Å²) < 4.78 is 0. The van der Waals surface area contributed by atoms with Gasteiger partial charge in [0.25, 0.3) is 0 Å². The molecule has 1 fully saturated rings. The molecule has 1 unspecified atom stereocenters. The van der Waals surface area contributed by atoms with Crippen molar-refractivity contribution >= 4 is 0 Å². The second-order valence-corrected chi connectivity index (χ2v) is 6.84. The van der Waals surface area contributed by atoms with Gasteiger partial charge in [-0.3, -0.25) is 0 Å². The molecule has 0 amide bonds. The van der Waals surface area contributed by atoms with Crippen LogP contribution in [0.4, 0.5) is 0 Å². The van der Waals surface area contributed by atoms with Crippen molar-refractivity contribution in [3.63, 3.8) is 0 Å². The molecule has 0 bridgehead atoms. The Kier molecular flexibility index (Phi) is 4.77. The van der Waals surface area contributed by atoms with E-state index in [4.69, 9.17) is 0 Å². The first-order valence-electron chi connectivity index (χ1n) is 8.63. The second-order valence-electron chi connectivity index (χ2n) is 6.84. The van der Waals surface area contributed by atoms with Gasteiger partial charge in [-0.25, -0.2) is 0 Å². The van der Waals surface area contributed by atoms with E-state index >= 15 is 0 Å². The minimum atomic E-state index is -0.245. The van der Waals surface area contributed by atoms with Crippen molar-refractivity contribution in [2.45, 2.75) is 76.7 Å². The fourth-order valence-electron chi connectivity index (χ4n) is 4.01. The number of aliphatic hydroxyl groups is 1. The Bertz CT molecular complexity index is 429. The van der Waals surface area contributed by atoms with Crippen LogP contribution in [0.1, 0.15) is 80.6 Å². The minimum absolute atomic E-state index is 0.245. The van der Waals surface area contributed by atoms with Crippen LogP contribution in [0.3, 0.4) is 0 Å². The molecule has 20 heavy (non-hydrogen) atoms. The summed E-state index contributed by atoms with van der Waals surface area (Å²) in [6, 6.07) is 6.72. The number of hydrogen-bond donors (Lipinski definition) is 1. The molecule has 3 rings (SSSR count). The molecule has 0 radical (unpaired) electrons. The zero-order valence-corrected chi connectivity index (χ0v) is 12.6. The van der Waals surface area contributed by atoms with Gasteiger partial charge >= 0.3 is 0 Å². The van der Waals surface area contributed by atoms with Crippen LogP contribution in [-0.4, -0.2) is 5.11 Å². The van der Waals surface area contributed by atoms with Gasteiger partial charge in [-0.05, 0) is 54.7 Å². The maximum absolute atomic E-state index is 10.6. The van der Waals surface area contributed by atoms with Crippen molar-refractivity contribution in [3.8, 4) is 0 Å². The number of rotatable bonds is 3. The number of benzene rings is 1. The number of aliphatic hydroxyl groups excluding tert-OH is 1. The molecule has 1 nitrogen and oxygen atoms in total. The maximum Gasteiger partial charge on any atom is 0.0792 e. The van der Waals surface area contributed by atoms with E-state index in [-0.39, 0.29) is 6.10 Å². The normalized spacial score (nSPS) is 22.1. The smallest absolute Gasteiger partial charge is 0.0792 e. The summed E-state index contributed by atoms with van der Waals surface area (Å²) in [6.07, 6.45) is 14.0. The summed E-state index contributed by atoms with van der Waals surface area (Å²) in [6.45, 7) is 0. The largest absolute Gasteiger partial charge is 0.388 e. The fraction of sp³-hybridized carbons (Fsp3) is 0.684. The minimum Gasteiger partial charge on any atom is -0.388 e. The third-order valence-electron chi connectivity index (χ3n) is 5.29. The lowest BCUT2D eigenvalue weighted by Crippen LogP contribution is -2.09. The van der Waals surface area contributed by atoms with E-state index in [1.807, 2.05) is 0 Å². The summed E-state index contributed by atoms with van der Waals surface area (Å²) in [5.41, 5.74) is 4.17. The van der Waals surface area contributed by atoms with E-state index in [1.165, 1.54) is 75.3 Å². The van der Waals surface area contributed by atoms with Gasteiger partial charge in [-0.1, -0.05) is 56.7 Å². The highest BCUT2D eigenvalue weighted by Gasteiger charge is 2.19. The van der Waals surface area contributed by atoms with Gasteiger partial charge < -0.3 is 5.11 Å². The molecule has 2 aliphatic carbocycles. The highest BCUT2D eigenvalue weighted by atomic mass is 16.3. The molecule has 1 heteroatoms. The van der Waals surface area contributed by atoms with Crippen molar-refractivity contribution in [2.75, 3.05) is 0 Å². The third-order valence-corrected chi connectivity index (χ3v) is 5.29. The molecule has 1 atom stereocenters. The van der Waals surface area contributed by atoms with Gasteiger partial charge in [-0.2, -0.15) is 0 Å². The lowest BCUT2D eigenvalue weighted by molar-refractivity contribution is 0.139. The van der Waals surface area contributed by atoms with Crippen molar-refractivity contribution in [1.29, 1.82) is 0 Å². The molecule has 1 aromatic carbocycles. The summed E-state index contributed by atoms with van der Waals surface area (Å²) in [7, 11) is 0. The lowest BCUT2D eigenvalue weighted by atomic mass is 9.87. The average Bonchev–Trinajstić information content (AvgIpc) is 2.75. The Morgan fingerprint density at radius 1 is 0.900 bits per heavy atom. The Hall–Kier alpha value is -0.820. The van der Waals surface area contributed by atoms with Crippen LogP contribution in [0.2, 0.25) is 0 Å². The van der Waals surface area contributed by atoms with E-state index in [1.54, 1.807) is 0 Å².